The van der Waals surface area contributed by atoms with Crippen LogP contribution in [0.15, 0.2) is 5.38 Å². The monoisotopic (exact) mass is 186 g/mol. The normalized spacial score (nSPS) is 16.0. The molecule has 0 aliphatic rings. The number of hydrogen-bond acceptors (Lipinski definition) is 4. The van der Waals surface area contributed by atoms with Crippen LogP contribution in [-0.4, -0.2) is 18.2 Å². The average Bonchev–Trinajstić information content (AvgIpc) is 2.49. The fourth-order valence-electron chi connectivity index (χ4n) is 0.920. The second-order valence-electron chi connectivity index (χ2n) is 2.76. The molecule has 0 spiro atoms. The number of rotatable bonds is 3. The van der Waals surface area contributed by atoms with Gasteiger partial charge in [0.25, 0.3) is 0 Å². The lowest BCUT2D eigenvalue weighted by atomic mass is 10.1. The second-order valence-corrected chi connectivity index (χ2v) is 3.82. The minimum absolute atomic E-state index is 0.0199. The highest BCUT2D eigenvalue weighted by molar-refractivity contribution is 7.09. The SMILES string of the molecule is COC(C)C(N)c1csc(C)n1. The molecule has 0 fully saturated rings. The second kappa shape index (κ2) is 3.98. The van der Waals surface area contributed by atoms with E-state index in [2.05, 4.69) is 4.98 Å². The maximum atomic E-state index is 5.88. The summed E-state index contributed by atoms with van der Waals surface area (Å²) in [5.41, 5.74) is 6.80. The lowest BCUT2D eigenvalue weighted by Gasteiger charge is -2.15. The highest BCUT2D eigenvalue weighted by atomic mass is 32.1. The minimum Gasteiger partial charge on any atom is -0.380 e. The summed E-state index contributed by atoms with van der Waals surface area (Å²) >= 11 is 1.61. The van der Waals surface area contributed by atoms with E-state index in [1.165, 1.54) is 0 Å². The smallest absolute Gasteiger partial charge is 0.0898 e. The van der Waals surface area contributed by atoms with Crippen molar-refractivity contribution in [1.82, 2.24) is 4.98 Å². The van der Waals surface area contributed by atoms with E-state index in [-0.39, 0.29) is 12.1 Å². The van der Waals surface area contributed by atoms with E-state index in [1.54, 1.807) is 18.4 Å². The molecular formula is C8H14N2OS. The number of methoxy groups -OCH3 is 1. The summed E-state index contributed by atoms with van der Waals surface area (Å²) in [6, 6.07) is -0.111. The molecule has 0 bridgehead atoms. The molecule has 1 heterocycles. The fraction of sp³-hybridized carbons (Fsp3) is 0.625. The Kier molecular flexibility index (Phi) is 3.20. The maximum absolute atomic E-state index is 5.88. The largest absolute Gasteiger partial charge is 0.380 e. The zero-order valence-corrected chi connectivity index (χ0v) is 8.39. The Morgan fingerprint density at radius 2 is 2.33 bits per heavy atom. The lowest BCUT2D eigenvalue weighted by molar-refractivity contribution is 0.0946. The predicted molar refractivity (Wildman–Crippen MR) is 50.3 cm³/mol. The van der Waals surface area contributed by atoms with E-state index in [4.69, 9.17) is 10.5 Å². The molecular weight excluding hydrogens is 172 g/mol. The summed E-state index contributed by atoms with van der Waals surface area (Å²) in [5, 5.41) is 3.03. The minimum atomic E-state index is -0.111. The molecule has 2 unspecified atom stereocenters. The molecule has 3 nitrogen and oxygen atoms in total. The molecule has 0 amide bonds. The van der Waals surface area contributed by atoms with Crippen LogP contribution < -0.4 is 5.73 Å². The Labute approximate surface area is 76.6 Å². The summed E-state index contributed by atoms with van der Waals surface area (Å²) in [6.45, 7) is 3.91. The van der Waals surface area contributed by atoms with Gasteiger partial charge in [0.1, 0.15) is 0 Å². The Hall–Kier alpha value is -0.450. The van der Waals surface area contributed by atoms with Crippen molar-refractivity contribution in [2.75, 3.05) is 7.11 Å². The van der Waals surface area contributed by atoms with Crippen molar-refractivity contribution in [2.24, 2.45) is 5.73 Å². The first-order valence-corrected chi connectivity index (χ1v) is 4.73. The van der Waals surface area contributed by atoms with Gasteiger partial charge in [0.2, 0.25) is 0 Å². The van der Waals surface area contributed by atoms with Crippen LogP contribution in [0.1, 0.15) is 23.7 Å². The zero-order chi connectivity index (χ0) is 9.14. The standard InChI is InChI=1S/C8H14N2OS/c1-5(11-3)8(9)7-4-12-6(2)10-7/h4-5,8H,9H2,1-3H3. The fourth-order valence-corrected chi connectivity index (χ4v) is 1.58. The highest BCUT2D eigenvalue weighted by Crippen LogP contribution is 2.18. The molecule has 12 heavy (non-hydrogen) atoms. The number of nitrogens with zero attached hydrogens (tertiary/aromatic N) is 1. The molecule has 0 radical (unpaired) electrons. The first kappa shape index (κ1) is 9.64. The molecule has 2 atom stereocenters. The van der Waals surface area contributed by atoms with Gasteiger partial charge in [0.15, 0.2) is 0 Å². The quantitative estimate of drug-likeness (QED) is 0.778. The van der Waals surface area contributed by atoms with Gasteiger partial charge in [-0.15, -0.1) is 11.3 Å². The van der Waals surface area contributed by atoms with E-state index in [0.29, 0.717) is 0 Å². The van der Waals surface area contributed by atoms with Crippen LogP contribution >= 0.6 is 11.3 Å². The molecule has 0 aliphatic carbocycles. The topological polar surface area (TPSA) is 48.1 Å². The molecule has 0 saturated heterocycles. The van der Waals surface area contributed by atoms with Crippen molar-refractivity contribution in [1.29, 1.82) is 0 Å². The number of thiazole rings is 1. The van der Waals surface area contributed by atoms with Crippen LogP contribution in [0.5, 0.6) is 0 Å². The number of aryl methyl sites for hydroxylation is 1. The van der Waals surface area contributed by atoms with Gasteiger partial charge in [-0.3, -0.25) is 0 Å². The van der Waals surface area contributed by atoms with Gasteiger partial charge in [-0.1, -0.05) is 0 Å². The first-order valence-electron chi connectivity index (χ1n) is 3.85. The van der Waals surface area contributed by atoms with Crippen LogP contribution in [0, 0.1) is 6.92 Å². The van der Waals surface area contributed by atoms with E-state index < -0.39 is 0 Å². The first-order chi connectivity index (χ1) is 5.65. The Morgan fingerprint density at radius 1 is 1.67 bits per heavy atom. The van der Waals surface area contributed by atoms with Gasteiger partial charge < -0.3 is 10.5 Å². The van der Waals surface area contributed by atoms with Gasteiger partial charge >= 0.3 is 0 Å². The van der Waals surface area contributed by atoms with Crippen LogP contribution in [0.3, 0.4) is 0 Å². The van der Waals surface area contributed by atoms with E-state index >= 15 is 0 Å². The third kappa shape index (κ3) is 2.03. The van der Waals surface area contributed by atoms with Crippen LogP contribution in [-0.2, 0) is 4.74 Å². The van der Waals surface area contributed by atoms with Gasteiger partial charge in [0, 0.05) is 12.5 Å². The van der Waals surface area contributed by atoms with Crippen molar-refractivity contribution in [2.45, 2.75) is 26.0 Å². The van der Waals surface area contributed by atoms with Crippen molar-refractivity contribution >= 4 is 11.3 Å². The predicted octanol–water partition coefficient (Wildman–Crippen LogP) is 1.49. The zero-order valence-electron chi connectivity index (χ0n) is 7.57. The van der Waals surface area contributed by atoms with Gasteiger partial charge in [-0.05, 0) is 13.8 Å². The lowest BCUT2D eigenvalue weighted by Crippen LogP contribution is -2.25. The summed E-state index contributed by atoms with van der Waals surface area (Å²) in [7, 11) is 1.66. The Morgan fingerprint density at radius 3 is 2.75 bits per heavy atom. The molecule has 4 heteroatoms. The average molecular weight is 186 g/mol. The van der Waals surface area contributed by atoms with E-state index in [0.717, 1.165) is 10.7 Å². The van der Waals surface area contributed by atoms with Gasteiger partial charge in [0.05, 0.1) is 22.8 Å². The molecule has 1 rings (SSSR count). The van der Waals surface area contributed by atoms with Crippen molar-refractivity contribution in [3.05, 3.63) is 16.1 Å². The summed E-state index contributed by atoms with van der Waals surface area (Å²) < 4.78 is 5.12. The Balaban J connectivity index is 2.70. The van der Waals surface area contributed by atoms with Crippen LogP contribution in [0.4, 0.5) is 0 Å². The van der Waals surface area contributed by atoms with E-state index in [1.807, 2.05) is 19.2 Å². The van der Waals surface area contributed by atoms with Crippen molar-refractivity contribution in [3.63, 3.8) is 0 Å². The molecule has 1 aromatic rings. The number of aromatic nitrogens is 1. The molecule has 1 aromatic heterocycles. The van der Waals surface area contributed by atoms with Crippen LogP contribution in [0.25, 0.3) is 0 Å². The van der Waals surface area contributed by atoms with Crippen LogP contribution in [0.2, 0.25) is 0 Å². The number of ether oxygens (including phenoxy) is 1. The summed E-state index contributed by atoms with van der Waals surface area (Å²) in [6.07, 6.45) is 0.0199. The molecule has 68 valence electrons. The highest BCUT2D eigenvalue weighted by Gasteiger charge is 2.16. The van der Waals surface area contributed by atoms with Gasteiger partial charge in [-0.25, -0.2) is 4.98 Å². The number of hydrogen-bond donors (Lipinski definition) is 1. The molecule has 0 saturated carbocycles. The van der Waals surface area contributed by atoms with Crippen molar-refractivity contribution < 1.29 is 4.74 Å². The maximum Gasteiger partial charge on any atom is 0.0898 e. The van der Waals surface area contributed by atoms with E-state index in [9.17, 15) is 0 Å². The van der Waals surface area contributed by atoms with Gasteiger partial charge in [-0.2, -0.15) is 0 Å². The third-order valence-corrected chi connectivity index (χ3v) is 2.65. The molecule has 0 aromatic carbocycles. The summed E-state index contributed by atoms with van der Waals surface area (Å²) in [5.74, 6) is 0. The number of nitrogens with two attached hydrogens (primary N) is 1. The Bertz CT molecular complexity index is 249. The summed E-state index contributed by atoms with van der Waals surface area (Å²) in [4.78, 5) is 4.29. The third-order valence-electron chi connectivity index (χ3n) is 1.86. The molecule has 2 N–H and O–H groups in total. The van der Waals surface area contributed by atoms with Crippen molar-refractivity contribution in [3.8, 4) is 0 Å². The molecule has 0 aliphatic heterocycles.